The molecule has 0 spiro atoms. The molecule has 1 aliphatic carbocycles. The Balaban J connectivity index is 1.68. The molecule has 2 aromatic rings. The van der Waals surface area contributed by atoms with E-state index in [1.54, 1.807) is 6.20 Å². The van der Waals surface area contributed by atoms with Crippen LogP contribution in [0.3, 0.4) is 0 Å². The number of nitrogens with one attached hydrogen (secondary N) is 1. The molecule has 1 aromatic carbocycles. The van der Waals surface area contributed by atoms with Crippen molar-refractivity contribution >= 4 is 15.9 Å². The second-order valence-corrected chi connectivity index (χ2v) is 8.04. The Morgan fingerprint density at radius 3 is 2.77 bits per heavy atom. The first-order valence-electron chi connectivity index (χ1n) is 9.12. The van der Waals surface area contributed by atoms with Crippen LogP contribution in [0.25, 0.3) is 0 Å². The molecule has 1 saturated carbocycles. The van der Waals surface area contributed by atoms with Crippen molar-refractivity contribution in [3.05, 3.63) is 58.3 Å². The molecule has 0 saturated heterocycles. The van der Waals surface area contributed by atoms with Crippen LogP contribution in [0.4, 0.5) is 0 Å². The third kappa shape index (κ3) is 4.08. The quantitative estimate of drug-likeness (QED) is 0.788. The molecule has 5 heteroatoms. The highest BCUT2D eigenvalue weighted by atomic mass is 79.9. The average molecular weight is 415 g/mol. The van der Waals surface area contributed by atoms with Gasteiger partial charge in [0.15, 0.2) is 0 Å². The van der Waals surface area contributed by atoms with Crippen LogP contribution in [0.15, 0.2) is 47.2 Å². The molecule has 1 N–H and O–H groups in total. The van der Waals surface area contributed by atoms with Crippen LogP contribution < -0.4 is 9.64 Å². The van der Waals surface area contributed by atoms with Gasteiger partial charge in [-0.2, -0.15) is 5.26 Å². The molecular formula is C21H25BrN3O+. The van der Waals surface area contributed by atoms with Gasteiger partial charge < -0.3 is 9.64 Å². The van der Waals surface area contributed by atoms with Crippen molar-refractivity contribution in [2.45, 2.75) is 44.2 Å². The number of hydrogen-bond donors (Lipinski definition) is 1. The largest absolute Gasteiger partial charge is 0.494 e. The Kier molecular flexibility index (Phi) is 5.95. The van der Waals surface area contributed by atoms with Crippen LogP contribution in [-0.2, 0) is 12.0 Å². The monoisotopic (exact) mass is 414 g/mol. The lowest BCUT2D eigenvalue weighted by atomic mass is 9.81. The molecule has 4 nitrogen and oxygen atoms in total. The summed E-state index contributed by atoms with van der Waals surface area (Å²) in [5.74, 6) is 0.917. The third-order valence-corrected chi connectivity index (χ3v) is 5.83. The fourth-order valence-corrected chi connectivity index (χ4v) is 4.27. The van der Waals surface area contributed by atoms with Crippen LogP contribution in [-0.4, -0.2) is 24.7 Å². The van der Waals surface area contributed by atoms with Crippen molar-refractivity contribution in [2.75, 3.05) is 13.7 Å². The maximum absolute atomic E-state index is 9.91. The lowest BCUT2D eigenvalue weighted by molar-refractivity contribution is -0.919. The fraction of sp³-hybridized carbons (Fsp3) is 0.429. The number of halogens is 1. The van der Waals surface area contributed by atoms with Gasteiger partial charge in [0.05, 0.1) is 31.2 Å². The topological polar surface area (TPSA) is 50.4 Å². The second kappa shape index (κ2) is 8.20. The van der Waals surface area contributed by atoms with Crippen LogP contribution in [0, 0.1) is 11.3 Å². The average Bonchev–Trinajstić information content (AvgIpc) is 3.10. The summed E-state index contributed by atoms with van der Waals surface area (Å²) >= 11 is 3.48. The molecule has 3 unspecified atom stereocenters. The van der Waals surface area contributed by atoms with Crippen LogP contribution >= 0.6 is 15.9 Å². The van der Waals surface area contributed by atoms with E-state index < -0.39 is 5.41 Å². The molecule has 3 rings (SSSR count). The number of quaternary nitrogens is 1. The highest BCUT2D eigenvalue weighted by Gasteiger charge is 2.44. The summed E-state index contributed by atoms with van der Waals surface area (Å²) in [6, 6.07) is 13.5. The Hall–Kier alpha value is -1.90. The molecule has 1 aromatic heterocycles. The van der Waals surface area contributed by atoms with E-state index in [-0.39, 0.29) is 0 Å². The predicted molar refractivity (Wildman–Crippen MR) is 105 cm³/mol. The molecule has 0 aliphatic heterocycles. The van der Waals surface area contributed by atoms with Gasteiger partial charge >= 0.3 is 0 Å². The second-order valence-electron chi connectivity index (χ2n) is 7.13. The lowest BCUT2D eigenvalue weighted by Gasteiger charge is -2.24. The minimum absolute atomic E-state index is 0.415. The summed E-state index contributed by atoms with van der Waals surface area (Å²) in [6.45, 7) is 3.64. The molecule has 1 aliphatic rings. The summed E-state index contributed by atoms with van der Waals surface area (Å²) in [7, 11) is 2.23. The van der Waals surface area contributed by atoms with Gasteiger partial charge in [0, 0.05) is 35.3 Å². The van der Waals surface area contributed by atoms with E-state index in [1.807, 2.05) is 31.3 Å². The van der Waals surface area contributed by atoms with Crippen molar-refractivity contribution in [1.82, 2.24) is 4.98 Å². The number of aromatic nitrogens is 1. The zero-order chi connectivity index (χ0) is 18.6. The molecule has 3 atom stereocenters. The van der Waals surface area contributed by atoms with E-state index in [2.05, 4.69) is 46.2 Å². The zero-order valence-electron chi connectivity index (χ0n) is 15.3. The molecule has 0 bridgehead atoms. The minimum Gasteiger partial charge on any atom is -0.494 e. The predicted octanol–water partition coefficient (Wildman–Crippen LogP) is 3.27. The molecule has 136 valence electrons. The van der Waals surface area contributed by atoms with Crippen LogP contribution in [0.2, 0.25) is 0 Å². The van der Waals surface area contributed by atoms with Crippen LogP contribution in [0.5, 0.6) is 5.75 Å². The summed E-state index contributed by atoms with van der Waals surface area (Å²) in [4.78, 5) is 5.72. The number of nitriles is 1. The summed E-state index contributed by atoms with van der Waals surface area (Å²) in [6.07, 6.45) is 6.45. The van der Waals surface area contributed by atoms with Crippen LogP contribution in [0.1, 0.15) is 37.3 Å². The van der Waals surface area contributed by atoms with Gasteiger partial charge in [-0.05, 0) is 65.2 Å². The van der Waals surface area contributed by atoms with Crippen molar-refractivity contribution < 1.29 is 9.64 Å². The standard InChI is InChI=1S/C21H24BrN3O/c1-3-26-20-6-4-16(5-7-20)14-25(2)19-8-9-21(11-19,15-23)17-10-18(22)13-24-12-17/h4-7,10,12-13,19H,3,8-9,11,14H2,1-2H3/p+1. The SMILES string of the molecule is CCOc1ccc(C[NH+](C)C2CCC(C#N)(c3cncc(Br)c3)C2)cc1. The van der Waals surface area contributed by atoms with E-state index in [0.717, 1.165) is 41.6 Å². The number of hydrogen-bond acceptors (Lipinski definition) is 3. The van der Waals surface area contributed by atoms with Gasteiger partial charge in [-0.15, -0.1) is 0 Å². The highest BCUT2D eigenvalue weighted by Crippen LogP contribution is 2.40. The van der Waals surface area contributed by atoms with Gasteiger partial charge in [-0.1, -0.05) is 0 Å². The maximum Gasteiger partial charge on any atom is 0.119 e. The molecule has 0 amide bonds. The normalized spacial score (nSPS) is 23.4. The number of rotatable bonds is 6. The number of nitrogens with zero attached hydrogens (tertiary/aromatic N) is 2. The number of ether oxygens (including phenoxy) is 1. The van der Waals surface area contributed by atoms with Gasteiger partial charge in [-0.3, -0.25) is 4.98 Å². The Morgan fingerprint density at radius 2 is 2.12 bits per heavy atom. The highest BCUT2D eigenvalue weighted by molar-refractivity contribution is 9.10. The van der Waals surface area contributed by atoms with E-state index in [1.165, 1.54) is 10.5 Å². The van der Waals surface area contributed by atoms with Gasteiger partial charge in [-0.25, -0.2) is 0 Å². The third-order valence-electron chi connectivity index (χ3n) is 5.40. The van der Waals surface area contributed by atoms with E-state index in [0.29, 0.717) is 12.6 Å². The van der Waals surface area contributed by atoms with Crippen molar-refractivity contribution in [2.24, 2.45) is 0 Å². The number of benzene rings is 1. The summed E-state index contributed by atoms with van der Waals surface area (Å²) < 4.78 is 6.45. The lowest BCUT2D eigenvalue weighted by Crippen LogP contribution is -3.11. The van der Waals surface area contributed by atoms with Crippen molar-refractivity contribution in [1.29, 1.82) is 5.26 Å². The first-order chi connectivity index (χ1) is 12.6. The summed E-state index contributed by atoms with van der Waals surface area (Å²) in [5, 5.41) is 9.91. The molecule has 1 fully saturated rings. The van der Waals surface area contributed by atoms with Crippen molar-refractivity contribution in [3.8, 4) is 11.8 Å². The van der Waals surface area contributed by atoms with Gasteiger partial charge in [0.1, 0.15) is 12.3 Å². The Morgan fingerprint density at radius 1 is 1.35 bits per heavy atom. The van der Waals surface area contributed by atoms with E-state index in [4.69, 9.17) is 4.74 Å². The molecular weight excluding hydrogens is 390 g/mol. The fourth-order valence-electron chi connectivity index (χ4n) is 3.90. The van der Waals surface area contributed by atoms with Gasteiger partial charge in [0.2, 0.25) is 0 Å². The van der Waals surface area contributed by atoms with E-state index >= 15 is 0 Å². The molecule has 0 radical (unpaired) electrons. The Labute approximate surface area is 163 Å². The van der Waals surface area contributed by atoms with E-state index in [9.17, 15) is 5.26 Å². The smallest absolute Gasteiger partial charge is 0.119 e. The first-order valence-corrected chi connectivity index (χ1v) is 9.92. The summed E-state index contributed by atoms with van der Waals surface area (Å²) in [5.41, 5.74) is 1.91. The molecule has 26 heavy (non-hydrogen) atoms. The Bertz CT molecular complexity index is 787. The zero-order valence-corrected chi connectivity index (χ0v) is 16.9. The maximum atomic E-state index is 9.91. The minimum atomic E-state index is -0.415. The number of pyridine rings is 1. The van der Waals surface area contributed by atoms with Gasteiger partial charge in [0.25, 0.3) is 0 Å². The van der Waals surface area contributed by atoms with Crippen molar-refractivity contribution in [3.63, 3.8) is 0 Å². The first kappa shape index (κ1) is 18.9. The molecule has 1 heterocycles.